The van der Waals surface area contributed by atoms with Gasteiger partial charge in [-0.25, -0.2) is 4.79 Å². The standard InChI is InChI=1S/C17H22Cl3NO7/c1-10(21-16(24)26-9-17(18,19)20)14(23)27-13-8-25-15(28-12(13)7-22)11-5-3-2-4-6-11/h2-6,10,12-15,22-23H,7-9H2,1H3,(H,21,24)/t10-,12-,13?,14?,15?/m0/s1. The molecule has 11 heteroatoms. The summed E-state index contributed by atoms with van der Waals surface area (Å²) in [6.07, 6.45) is -4.43. The molecular weight excluding hydrogens is 437 g/mol. The van der Waals surface area contributed by atoms with E-state index in [0.29, 0.717) is 0 Å². The number of rotatable bonds is 7. The third kappa shape index (κ3) is 7.53. The number of alkyl halides is 3. The minimum atomic E-state index is -1.74. The summed E-state index contributed by atoms with van der Waals surface area (Å²) >= 11 is 16.5. The zero-order valence-corrected chi connectivity index (χ0v) is 17.2. The Labute approximate surface area is 177 Å². The summed E-state index contributed by atoms with van der Waals surface area (Å²) in [4.78, 5) is 11.7. The summed E-state index contributed by atoms with van der Waals surface area (Å²) in [5.41, 5.74) is 0.798. The summed E-state index contributed by atoms with van der Waals surface area (Å²) < 4.78 is 19.8. The highest BCUT2D eigenvalue weighted by molar-refractivity contribution is 6.67. The van der Waals surface area contributed by atoms with E-state index in [1.165, 1.54) is 6.92 Å². The molecule has 1 fully saturated rings. The van der Waals surface area contributed by atoms with E-state index >= 15 is 0 Å². The topological polar surface area (TPSA) is 106 Å². The number of ether oxygens (including phenoxy) is 4. The number of nitrogens with one attached hydrogen (secondary N) is 1. The summed E-state index contributed by atoms with van der Waals surface area (Å²) in [6, 6.07) is 8.38. The number of hydrogen-bond donors (Lipinski definition) is 3. The van der Waals surface area contributed by atoms with Crippen LogP contribution in [0.5, 0.6) is 0 Å². The van der Waals surface area contributed by atoms with Crippen LogP contribution in [-0.2, 0) is 18.9 Å². The lowest BCUT2D eigenvalue weighted by Crippen LogP contribution is -2.50. The maximum atomic E-state index is 11.7. The lowest BCUT2D eigenvalue weighted by molar-refractivity contribution is -0.296. The van der Waals surface area contributed by atoms with Crippen molar-refractivity contribution in [2.45, 2.75) is 41.5 Å². The van der Waals surface area contributed by atoms with E-state index in [1.807, 2.05) is 30.3 Å². The first-order valence-corrected chi connectivity index (χ1v) is 9.59. The van der Waals surface area contributed by atoms with Crippen LogP contribution in [0.1, 0.15) is 18.8 Å². The largest absolute Gasteiger partial charge is 0.445 e. The molecule has 1 amide bonds. The molecule has 2 rings (SSSR count). The predicted molar refractivity (Wildman–Crippen MR) is 102 cm³/mol. The number of carbonyl (C=O) groups excluding carboxylic acids is 1. The van der Waals surface area contributed by atoms with Crippen LogP contribution in [0.25, 0.3) is 0 Å². The number of alkyl carbamates (subject to hydrolysis) is 1. The lowest BCUT2D eigenvalue weighted by atomic mass is 10.1. The van der Waals surface area contributed by atoms with Crippen molar-refractivity contribution in [2.75, 3.05) is 19.8 Å². The Bertz CT molecular complexity index is 617. The normalized spacial score (nSPS) is 25.0. The Kier molecular flexibility index (Phi) is 9.04. The number of carbonyl (C=O) groups is 1. The average molecular weight is 459 g/mol. The van der Waals surface area contributed by atoms with E-state index in [4.69, 9.17) is 53.8 Å². The number of hydrogen-bond acceptors (Lipinski definition) is 7. The van der Waals surface area contributed by atoms with E-state index in [2.05, 4.69) is 5.32 Å². The molecule has 3 unspecified atom stereocenters. The smallest absolute Gasteiger partial charge is 0.407 e. The molecule has 0 radical (unpaired) electrons. The molecule has 1 saturated heterocycles. The molecule has 0 saturated carbocycles. The van der Waals surface area contributed by atoms with Crippen LogP contribution in [0.3, 0.4) is 0 Å². The zero-order valence-electron chi connectivity index (χ0n) is 15.0. The van der Waals surface area contributed by atoms with Crippen LogP contribution in [-0.4, -0.2) is 64.5 Å². The molecule has 1 aliphatic rings. The summed E-state index contributed by atoms with van der Waals surface area (Å²) in [5, 5.41) is 22.1. The van der Waals surface area contributed by atoms with Crippen LogP contribution < -0.4 is 5.32 Å². The van der Waals surface area contributed by atoms with E-state index in [9.17, 15) is 15.0 Å². The Balaban J connectivity index is 1.83. The van der Waals surface area contributed by atoms with Crippen molar-refractivity contribution in [3.8, 4) is 0 Å². The second-order valence-corrected chi connectivity index (χ2v) is 8.64. The van der Waals surface area contributed by atoms with E-state index in [-0.39, 0.29) is 13.2 Å². The number of benzene rings is 1. The fourth-order valence-corrected chi connectivity index (χ4v) is 2.55. The Hall–Kier alpha value is -0.840. The van der Waals surface area contributed by atoms with Gasteiger partial charge in [0.1, 0.15) is 18.8 Å². The quantitative estimate of drug-likeness (QED) is 0.425. The fourth-order valence-electron chi connectivity index (χ4n) is 2.39. The number of aliphatic hydroxyl groups excluding tert-OH is 2. The molecule has 0 bridgehead atoms. The molecule has 8 nitrogen and oxygen atoms in total. The van der Waals surface area contributed by atoms with Crippen molar-refractivity contribution in [3.63, 3.8) is 0 Å². The van der Waals surface area contributed by atoms with Gasteiger partial charge in [-0.2, -0.15) is 0 Å². The Morgan fingerprint density at radius 1 is 1.36 bits per heavy atom. The molecule has 0 spiro atoms. The van der Waals surface area contributed by atoms with Gasteiger partial charge in [0.15, 0.2) is 12.6 Å². The Morgan fingerprint density at radius 2 is 2.04 bits per heavy atom. The van der Waals surface area contributed by atoms with Gasteiger partial charge >= 0.3 is 6.09 Å². The van der Waals surface area contributed by atoms with Crippen molar-refractivity contribution >= 4 is 40.9 Å². The molecule has 5 atom stereocenters. The zero-order chi connectivity index (χ0) is 20.7. The molecule has 0 aliphatic carbocycles. The minimum absolute atomic E-state index is 0.0757. The van der Waals surface area contributed by atoms with Gasteiger partial charge in [0, 0.05) is 5.56 Å². The van der Waals surface area contributed by atoms with Gasteiger partial charge in [-0.05, 0) is 6.92 Å². The maximum Gasteiger partial charge on any atom is 0.407 e. The second kappa shape index (κ2) is 10.8. The van der Waals surface area contributed by atoms with Gasteiger partial charge in [-0.15, -0.1) is 0 Å². The number of amides is 1. The van der Waals surface area contributed by atoms with Crippen LogP contribution in [0.15, 0.2) is 30.3 Å². The van der Waals surface area contributed by atoms with Gasteiger partial charge < -0.3 is 34.5 Å². The van der Waals surface area contributed by atoms with Crippen molar-refractivity contribution in [2.24, 2.45) is 0 Å². The third-order valence-corrected chi connectivity index (χ3v) is 4.16. The molecule has 1 aliphatic heterocycles. The predicted octanol–water partition coefficient (Wildman–Crippen LogP) is 2.28. The van der Waals surface area contributed by atoms with Crippen molar-refractivity contribution in [1.82, 2.24) is 5.32 Å². The average Bonchev–Trinajstić information content (AvgIpc) is 2.66. The Morgan fingerprint density at radius 3 is 2.64 bits per heavy atom. The highest BCUT2D eigenvalue weighted by atomic mass is 35.6. The monoisotopic (exact) mass is 457 g/mol. The van der Waals surface area contributed by atoms with Gasteiger partial charge in [0.05, 0.1) is 19.3 Å². The van der Waals surface area contributed by atoms with Crippen molar-refractivity contribution in [3.05, 3.63) is 35.9 Å². The van der Waals surface area contributed by atoms with E-state index in [0.717, 1.165) is 5.56 Å². The van der Waals surface area contributed by atoms with E-state index in [1.54, 1.807) is 0 Å². The first-order valence-electron chi connectivity index (χ1n) is 8.46. The number of aliphatic hydroxyl groups is 2. The highest BCUT2D eigenvalue weighted by Gasteiger charge is 2.35. The SMILES string of the molecule is C[C@H](NC(=O)OCC(Cl)(Cl)Cl)C(O)OC1COC(c2ccccc2)O[C@H]1CO. The van der Waals surface area contributed by atoms with Crippen LogP contribution >= 0.6 is 34.8 Å². The maximum absolute atomic E-state index is 11.7. The van der Waals surface area contributed by atoms with Gasteiger partial charge in [-0.3, -0.25) is 0 Å². The molecule has 1 aromatic carbocycles. The van der Waals surface area contributed by atoms with Gasteiger partial charge in [0.25, 0.3) is 0 Å². The molecule has 3 N–H and O–H groups in total. The summed E-state index contributed by atoms with van der Waals surface area (Å²) in [7, 11) is 0. The van der Waals surface area contributed by atoms with Gasteiger partial charge in [-0.1, -0.05) is 65.1 Å². The number of halogens is 3. The van der Waals surface area contributed by atoms with Crippen molar-refractivity contribution in [1.29, 1.82) is 0 Å². The van der Waals surface area contributed by atoms with Crippen LogP contribution in [0, 0.1) is 0 Å². The first kappa shape index (κ1) is 23.4. The molecule has 1 aromatic rings. The van der Waals surface area contributed by atoms with Crippen LogP contribution in [0.4, 0.5) is 4.79 Å². The third-order valence-electron chi connectivity index (χ3n) is 3.83. The van der Waals surface area contributed by atoms with E-state index < -0.39 is 47.3 Å². The minimum Gasteiger partial charge on any atom is -0.445 e. The first-order chi connectivity index (χ1) is 13.2. The second-order valence-electron chi connectivity index (χ2n) is 6.12. The van der Waals surface area contributed by atoms with Crippen molar-refractivity contribution < 1.29 is 34.0 Å². The summed E-state index contributed by atoms with van der Waals surface area (Å²) in [5.74, 6) is 0. The fraction of sp³-hybridized carbons (Fsp3) is 0.588. The lowest BCUT2D eigenvalue weighted by Gasteiger charge is -2.37. The summed E-state index contributed by atoms with van der Waals surface area (Å²) in [6.45, 7) is 0.779. The molecule has 0 aromatic heterocycles. The molecule has 1 heterocycles. The molecule has 158 valence electrons. The highest BCUT2D eigenvalue weighted by Crippen LogP contribution is 2.28. The van der Waals surface area contributed by atoms with Crippen LogP contribution in [0.2, 0.25) is 0 Å². The molecule has 28 heavy (non-hydrogen) atoms. The van der Waals surface area contributed by atoms with Gasteiger partial charge in [0.2, 0.25) is 3.79 Å². The molecular formula is C17H22Cl3NO7.